The number of nitrogens with one attached hydrogen (secondary N) is 2. The Labute approximate surface area is 243 Å². The minimum atomic E-state index is 0.454. The van der Waals surface area contributed by atoms with E-state index in [0.29, 0.717) is 21.8 Å². The van der Waals surface area contributed by atoms with Crippen LogP contribution in [-0.2, 0) is 0 Å². The molecule has 0 radical (unpaired) electrons. The van der Waals surface area contributed by atoms with E-state index in [0.717, 1.165) is 44.5 Å². The van der Waals surface area contributed by atoms with Crippen molar-refractivity contribution in [2.45, 2.75) is 13.8 Å². The van der Waals surface area contributed by atoms with Crippen LogP contribution in [-0.4, -0.2) is 9.97 Å². The Morgan fingerprint density at radius 1 is 0.550 bits per heavy atom. The summed E-state index contributed by atoms with van der Waals surface area (Å²) in [7, 11) is 0. The number of fused-ring (bicyclic) bond motifs is 1. The summed E-state index contributed by atoms with van der Waals surface area (Å²) in [5, 5.41) is 9.01. The Kier molecular flexibility index (Phi) is 7.12. The lowest BCUT2D eigenvalue weighted by Gasteiger charge is -2.17. The standard InChI is InChI=1S/C34H26Cl2N4/c1-21-9-13-23(14-10-21)25-17-30(24-15-11-22(2)12-16-24)32-31(18-25)33(37-28-7-3-5-26(35)19-28)40-34(39-32)38-29-8-4-6-27(36)20-29/h3-20H,1-2H3,(H2,37,38,39,40). The average Bonchev–Trinajstić information content (AvgIpc) is 2.94. The van der Waals surface area contributed by atoms with E-state index in [1.165, 1.54) is 11.1 Å². The van der Waals surface area contributed by atoms with Crippen LogP contribution in [0.3, 0.4) is 0 Å². The molecule has 1 aromatic heterocycles. The monoisotopic (exact) mass is 560 g/mol. The fourth-order valence-electron chi connectivity index (χ4n) is 4.65. The first-order chi connectivity index (χ1) is 19.4. The van der Waals surface area contributed by atoms with Crippen LogP contribution in [0.15, 0.2) is 109 Å². The molecule has 6 rings (SSSR count). The maximum absolute atomic E-state index is 6.32. The molecular formula is C34H26Cl2N4. The van der Waals surface area contributed by atoms with Gasteiger partial charge in [-0.3, -0.25) is 0 Å². The number of benzene rings is 5. The quantitative estimate of drug-likeness (QED) is 0.212. The van der Waals surface area contributed by atoms with Crippen LogP contribution in [0.25, 0.3) is 33.2 Å². The molecule has 1 heterocycles. The second-order valence-electron chi connectivity index (χ2n) is 9.82. The van der Waals surface area contributed by atoms with E-state index >= 15 is 0 Å². The zero-order valence-corrected chi connectivity index (χ0v) is 23.6. The molecule has 0 atom stereocenters. The van der Waals surface area contributed by atoms with Gasteiger partial charge in [0.1, 0.15) is 5.82 Å². The highest BCUT2D eigenvalue weighted by atomic mass is 35.5. The van der Waals surface area contributed by atoms with Crippen molar-refractivity contribution in [1.29, 1.82) is 0 Å². The minimum absolute atomic E-state index is 0.454. The number of aromatic nitrogens is 2. The Bertz CT molecular complexity index is 1830. The summed E-state index contributed by atoms with van der Waals surface area (Å²) in [6.07, 6.45) is 0. The Morgan fingerprint density at radius 2 is 1.12 bits per heavy atom. The van der Waals surface area contributed by atoms with E-state index in [1.54, 1.807) is 0 Å². The zero-order chi connectivity index (χ0) is 27.6. The highest BCUT2D eigenvalue weighted by molar-refractivity contribution is 6.31. The first-order valence-electron chi connectivity index (χ1n) is 13.0. The molecule has 0 saturated carbocycles. The van der Waals surface area contributed by atoms with Crippen molar-refractivity contribution in [2.24, 2.45) is 0 Å². The highest BCUT2D eigenvalue weighted by Crippen LogP contribution is 2.38. The van der Waals surface area contributed by atoms with E-state index in [-0.39, 0.29) is 0 Å². The van der Waals surface area contributed by atoms with E-state index in [2.05, 4.69) is 85.1 Å². The summed E-state index contributed by atoms with van der Waals surface area (Å²) < 4.78 is 0. The van der Waals surface area contributed by atoms with Crippen molar-refractivity contribution in [3.05, 3.63) is 130 Å². The van der Waals surface area contributed by atoms with Crippen molar-refractivity contribution in [3.8, 4) is 22.3 Å². The Morgan fingerprint density at radius 3 is 1.73 bits per heavy atom. The molecule has 0 aliphatic heterocycles. The third kappa shape index (κ3) is 5.64. The summed E-state index contributed by atoms with van der Waals surface area (Å²) in [4.78, 5) is 9.97. The van der Waals surface area contributed by atoms with E-state index in [4.69, 9.17) is 33.2 Å². The van der Waals surface area contributed by atoms with Gasteiger partial charge >= 0.3 is 0 Å². The number of aryl methyl sites for hydroxylation is 2. The fourth-order valence-corrected chi connectivity index (χ4v) is 5.03. The average molecular weight is 562 g/mol. The minimum Gasteiger partial charge on any atom is -0.340 e. The molecule has 6 heteroatoms. The molecule has 6 aromatic rings. The lowest BCUT2D eigenvalue weighted by Crippen LogP contribution is -2.03. The second-order valence-corrected chi connectivity index (χ2v) is 10.7. The van der Waals surface area contributed by atoms with Crippen molar-refractivity contribution in [3.63, 3.8) is 0 Å². The van der Waals surface area contributed by atoms with Crippen LogP contribution in [0, 0.1) is 13.8 Å². The van der Waals surface area contributed by atoms with Crippen LogP contribution >= 0.6 is 23.2 Å². The maximum atomic E-state index is 6.32. The summed E-state index contributed by atoms with van der Waals surface area (Å²) >= 11 is 12.6. The Balaban J connectivity index is 1.61. The van der Waals surface area contributed by atoms with Gasteiger partial charge in [-0.15, -0.1) is 0 Å². The molecule has 2 N–H and O–H groups in total. The highest BCUT2D eigenvalue weighted by Gasteiger charge is 2.16. The van der Waals surface area contributed by atoms with Gasteiger partial charge in [0.25, 0.3) is 0 Å². The molecule has 0 saturated heterocycles. The molecule has 0 bridgehead atoms. The van der Waals surface area contributed by atoms with Crippen LogP contribution in [0.5, 0.6) is 0 Å². The van der Waals surface area contributed by atoms with Gasteiger partial charge in [0.15, 0.2) is 0 Å². The number of rotatable bonds is 6. The molecular weight excluding hydrogens is 535 g/mol. The van der Waals surface area contributed by atoms with Crippen molar-refractivity contribution in [2.75, 3.05) is 10.6 Å². The normalized spacial score (nSPS) is 11.0. The van der Waals surface area contributed by atoms with Crippen molar-refractivity contribution >= 4 is 57.2 Å². The number of nitrogens with zero attached hydrogens (tertiary/aromatic N) is 2. The van der Waals surface area contributed by atoms with Gasteiger partial charge in [-0.05, 0) is 79.1 Å². The van der Waals surface area contributed by atoms with Gasteiger partial charge in [-0.25, -0.2) is 4.98 Å². The van der Waals surface area contributed by atoms with Gasteiger partial charge in [0.2, 0.25) is 5.95 Å². The van der Waals surface area contributed by atoms with Gasteiger partial charge in [0.05, 0.1) is 5.52 Å². The first kappa shape index (κ1) is 25.9. The predicted molar refractivity (Wildman–Crippen MR) is 169 cm³/mol. The number of hydrogen-bond acceptors (Lipinski definition) is 4. The van der Waals surface area contributed by atoms with Gasteiger partial charge < -0.3 is 10.6 Å². The first-order valence-corrected chi connectivity index (χ1v) is 13.7. The van der Waals surface area contributed by atoms with Crippen molar-refractivity contribution in [1.82, 2.24) is 9.97 Å². The maximum Gasteiger partial charge on any atom is 0.229 e. The fraction of sp³-hybridized carbons (Fsp3) is 0.0588. The lowest BCUT2D eigenvalue weighted by molar-refractivity contribution is 1.21. The number of anilines is 4. The third-order valence-electron chi connectivity index (χ3n) is 6.72. The molecule has 196 valence electrons. The van der Waals surface area contributed by atoms with E-state index in [9.17, 15) is 0 Å². The summed E-state index contributed by atoms with van der Waals surface area (Å²) in [6, 6.07) is 36.5. The topological polar surface area (TPSA) is 49.8 Å². The summed E-state index contributed by atoms with van der Waals surface area (Å²) in [6.45, 7) is 4.18. The van der Waals surface area contributed by atoms with Gasteiger partial charge in [0, 0.05) is 32.4 Å². The van der Waals surface area contributed by atoms with Crippen molar-refractivity contribution < 1.29 is 0 Å². The molecule has 0 aliphatic carbocycles. The summed E-state index contributed by atoms with van der Waals surface area (Å²) in [5.74, 6) is 1.12. The van der Waals surface area contributed by atoms with Gasteiger partial charge in [-0.2, -0.15) is 4.98 Å². The number of hydrogen-bond donors (Lipinski definition) is 2. The molecule has 0 unspecified atom stereocenters. The van der Waals surface area contributed by atoms with Crippen LogP contribution in [0.1, 0.15) is 11.1 Å². The van der Waals surface area contributed by atoms with E-state index in [1.807, 2.05) is 48.5 Å². The SMILES string of the molecule is Cc1ccc(-c2cc(-c3ccc(C)cc3)c3nc(Nc4cccc(Cl)c4)nc(Nc4cccc(Cl)c4)c3c2)cc1. The Hall–Kier alpha value is -4.38. The van der Waals surface area contributed by atoms with E-state index < -0.39 is 0 Å². The van der Waals surface area contributed by atoms with Crippen LogP contribution in [0.2, 0.25) is 10.0 Å². The second kappa shape index (κ2) is 11.0. The molecule has 0 amide bonds. The molecule has 5 aromatic carbocycles. The summed E-state index contributed by atoms with van der Waals surface area (Å²) in [5.41, 5.74) is 9.16. The smallest absolute Gasteiger partial charge is 0.229 e. The van der Waals surface area contributed by atoms with Crippen LogP contribution < -0.4 is 10.6 Å². The number of halogens is 2. The predicted octanol–water partition coefficient (Wildman–Crippen LogP) is 10.4. The van der Waals surface area contributed by atoms with Gasteiger partial charge in [-0.1, -0.05) is 95.0 Å². The molecule has 0 fully saturated rings. The molecule has 0 aliphatic rings. The molecule has 40 heavy (non-hydrogen) atoms. The zero-order valence-electron chi connectivity index (χ0n) is 22.0. The lowest BCUT2D eigenvalue weighted by atomic mass is 9.95. The molecule has 4 nitrogen and oxygen atoms in total. The largest absolute Gasteiger partial charge is 0.340 e. The third-order valence-corrected chi connectivity index (χ3v) is 7.19. The molecule has 0 spiro atoms. The van der Waals surface area contributed by atoms with Crippen LogP contribution in [0.4, 0.5) is 23.1 Å².